The first-order valence-corrected chi connectivity index (χ1v) is 31.5. The van der Waals surface area contributed by atoms with Crippen LogP contribution in [0.3, 0.4) is 0 Å². The summed E-state index contributed by atoms with van der Waals surface area (Å²) >= 11 is 11.4. The number of rotatable bonds is 3. The maximum Gasteiger partial charge on any atom is 0.0459 e. The smallest absolute Gasteiger partial charge is 0.0459 e. The number of hydrogen-bond donors (Lipinski definition) is 0. The van der Waals surface area contributed by atoms with Crippen molar-refractivity contribution >= 4 is 150 Å². The summed E-state index contributed by atoms with van der Waals surface area (Å²) in [6.45, 7) is 11.3. The molecule has 0 amide bonds. The molecule has 372 valence electrons. The van der Waals surface area contributed by atoms with Gasteiger partial charge in [-0.3, -0.25) is 0 Å². The molecule has 10 aromatic carbocycles. The van der Waals surface area contributed by atoms with Crippen molar-refractivity contribution < 1.29 is 0 Å². The molecule has 0 fully saturated rings. The molecule has 0 N–H and O–H groups in total. The molecule has 0 bridgehead atoms. The summed E-state index contributed by atoms with van der Waals surface area (Å²) in [5, 5.41) is 13.7. The summed E-state index contributed by atoms with van der Waals surface area (Å²) in [6.07, 6.45) is 0. The minimum absolute atomic E-state index is 0.0766. The van der Waals surface area contributed by atoms with Crippen LogP contribution in [0.15, 0.2) is 200 Å². The van der Waals surface area contributed by atoms with Gasteiger partial charge >= 0.3 is 0 Å². The van der Waals surface area contributed by atoms with Gasteiger partial charge in [0.2, 0.25) is 0 Å². The Labute approximate surface area is 476 Å². The van der Waals surface area contributed by atoms with Crippen LogP contribution in [0.2, 0.25) is 0 Å². The van der Waals surface area contributed by atoms with E-state index in [1.165, 1.54) is 173 Å². The van der Waals surface area contributed by atoms with E-state index in [0.29, 0.717) is 0 Å². The fourth-order valence-electron chi connectivity index (χ4n) is 13.0. The van der Waals surface area contributed by atoms with Crippen LogP contribution in [-0.2, 0) is 5.41 Å². The first-order chi connectivity index (χ1) is 38.1. The van der Waals surface area contributed by atoms with Gasteiger partial charge in [-0.05, 0) is 178 Å². The molecule has 0 unspecified atom stereocenters. The van der Waals surface area contributed by atoms with Crippen LogP contribution in [0.25, 0.3) is 147 Å². The molecule has 0 aliphatic heterocycles. The quantitative estimate of drug-likeness (QED) is 0.122. The third kappa shape index (κ3) is 7.17. The first-order valence-electron chi connectivity index (χ1n) is 26.6. The molecule has 6 heterocycles. The lowest BCUT2D eigenvalue weighted by molar-refractivity contribution is 0.660. The molecule has 0 radical (unpaired) electrons. The van der Waals surface area contributed by atoms with Gasteiger partial charge in [0.25, 0.3) is 0 Å². The molecule has 0 spiro atoms. The Kier molecular flexibility index (Phi) is 10.6. The van der Waals surface area contributed by atoms with Crippen LogP contribution < -0.4 is 0 Å². The topological polar surface area (TPSA) is 0 Å². The van der Waals surface area contributed by atoms with E-state index in [2.05, 4.69) is 235 Å². The molecule has 2 aliphatic carbocycles. The molecule has 6 aromatic heterocycles. The number of fused-ring (bicyclic) bond motifs is 11. The number of aryl methyl sites for hydroxylation is 3. The summed E-state index contributed by atoms with van der Waals surface area (Å²) in [7, 11) is 0. The summed E-state index contributed by atoms with van der Waals surface area (Å²) in [6, 6.07) is 74.9. The molecule has 6 heteroatoms. The SMILES string of the molecule is Cc1cc2sc(-c3ccc4c(c3)C(C)(C)c3ccccc3-4)cc2s1.Cc1cc2sc(-c3ccc4c5c(cccc35)-c3ccccc3-4)cc2s1.Cc1cc2sc(-c3ccc4c5cccc6cccc(c7cccc3c74)c65)cc2s1. The van der Waals surface area contributed by atoms with E-state index in [9.17, 15) is 0 Å². The predicted molar refractivity (Wildman–Crippen MR) is 350 cm³/mol. The van der Waals surface area contributed by atoms with Gasteiger partial charge in [-0.2, -0.15) is 0 Å². The average molecular weight is 1110 g/mol. The Balaban J connectivity index is 0.0000000984. The van der Waals surface area contributed by atoms with Crippen LogP contribution in [0, 0.1) is 20.8 Å². The second-order valence-electron chi connectivity index (χ2n) is 21.6. The van der Waals surface area contributed by atoms with Crippen molar-refractivity contribution in [2.24, 2.45) is 0 Å². The molecule has 0 atom stereocenters. The van der Waals surface area contributed by atoms with Gasteiger partial charge in [0.1, 0.15) is 0 Å². The van der Waals surface area contributed by atoms with E-state index in [1.54, 1.807) is 0 Å². The Bertz CT molecular complexity index is 4940. The lowest BCUT2D eigenvalue weighted by atomic mass is 9.82. The van der Waals surface area contributed by atoms with Gasteiger partial charge in [0, 0.05) is 62.9 Å². The minimum Gasteiger partial charge on any atom is -0.140 e. The van der Waals surface area contributed by atoms with E-state index < -0.39 is 0 Å². The maximum atomic E-state index is 2.41. The van der Waals surface area contributed by atoms with Crippen LogP contribution in [0.4, 0.5) is 0 Å². The van der Waals surface area contributed by atoms with Gasteiger partial charge in [0.05, 0.1) is 0 Å². The zero-order chi connectivity index (χ0) is 52.1. The summed E-state index contributed by atoms with van der Waals surface area (Å²) < 4.78 is 8.44. The second-order valence-corrected chi connectivity index (χ2v) is 28.7. The molecule has 2 aliphatic rings. The fourth-order valence-corrected chi connectivity index (χ4v) is 20.0. The van der Waals surface area contributed by atoms with Gasteiger partial charge in [0.15, 0.2) is 0 Å². The Morgan fingerprint density at radius 1 is 0.269 bits per heavy atom. The van der Waals surface area contributed by atoms with E-state index in [4.69, 9.17) is 0 Å². The van der Waals surface area contributed by atoms with Crippen LogP contribution in [-0.4, -0.2) is 0 Å². The standard InChI is InChI=1S/C27H16S2.C23H14S2.C22H18S2/c1-15-13-24-25(28-15)14-23(29-24)17-11-12-22-20-8-3-6-16-5-2-7-19(26(16)20)21-10-4-9-18(17)27(21)22;1-13-11-21-22(24-13)12-20(25-21)16-9-10-19-15-6-3-2-5-14(15)17-7-4-8-18(16)23(17)19;1-13-10-20-21(23-13)12-19(24-20)14-8-9-16-15-6-4-5-7-17(15)22(2,3)18(16)11-14/h2-14H,1H3;2-12H,1H3;4-12H,1-3H3. The third-order valence-electron chi connectivity index (χ3n) is 16.5. The Morgan fingerprint density at radius 3 is 1.29 bits per heavy atom. The van der Waals surface area contributed by atoms with Crippen LogP contribution >= 0.6 is 68.0 Å². The molecular weight excluding hydrogens is 1060 g/mol. The second kappa shape index (κ2) is 17.6. The van der Waals surface area contributed by atoms with E-state index >= 15 is 0 Å². The van der Waals surface area contributed by atoms with Crippen molar-refractivity contribution in [2.45, 2.75) is 40.0 Å². The molecule has 0 nitrogen and oxygen atoms in total. The highest BCUT2D eigenvalue weighted by Crippen LogP contribution is 2.53. The van der Waals surface area contributed by atoms with Gasteiger partial charge < -0.3 is 0 Å². The first kappa shape index (κ1) is 46.8. The Morgan fingerprint density at radius 2 is 0.679 bits per heavy atom. The average Bonchev–Trinajstić information content (AvgIpc) is 4.48. The highest BCUT2D eigenvalue weighted by Gasteiger charge is 2.35. The van der Waals surface area contributed by atoms with Crippen molar-refractivity contribution in [3.63, 3.8) is 0 Å². The molecule has 16 aromatic rings. The zero-order valence-electron chi connectivity index (χ0n) is 43.5. The van der Waals surface area contributed by atoms with E-state index in [0.717, 1.165) is 0 Å². The van der Waals surface area contributed by atoms with E-state index in [-0.39, 0.29) is 5.41 Å². The highest BCUT2D eigenvalue weighted by atomic mass is 32.1. The lowest BCUT2D eigenvalue weighted by Crippen LogP contribution is -2.14. The number of benzene rings is 10. The maximum absolute atomic E-state index is 2.41. The van der Waals surface area contributed by atoms with Gasteiger partial charge in [-0.25, -0.2) is 0 Å². The summed E-state index contributed by atoms with van der Waals surface area (Å²) in [5.74, 6) is 0. The monoisotopic (exact) mass is 1100 g/mol. The molecule has 18 rings (SSSR count). The van der Waals surface area contributed by atoms with Crippen LogP contribution in [0.5, 0.6) is 0 Å². The number of thiophene rings is 6. The van der Waals surface area contributed by atoms with Gasteiger partial charge in [-0.1, -0.05) is 172 Å². The number of hydrogen-bond acceptors (Lipinski definition) is 6. The van der Waals surface area contributed by atoms with Crippen LogP contribution in [0.1, 0.15) is 39.6 Å². The largest absolute Gasteiger partial charge is 0.140 e. The molecule has 0 saturated carbocycles. The summed E-state index contributed by atoms with van der Waals surface area (Å²) in [4.78, 5) is 8.30. The normalized spacial score (nSPS) is 13.0. The lowest BCUT2D eigenvalue weighted by Gasteiger charge is -2.21. The molecular formula is C72H48S6. The Hall–Kier alpha value is -7.26. The van der Waals surface area contributed by atoms with Crippen molar-refractivity contribution in [3.8, 4) is 64.7 Å². The summed E-state index contributed by atoms with van der Waals surface area (Å²) in [5.41, 5.74) is 15.3. The van der Waals surface area contributed by atoms with Crippen molar-refractivity contribution in [1.82, 2.24) is 0 Å². The predicted octanol–water partition coefficient (Wildman–Crippen LogP) is 24.0. The van der Waals surface area contributed by atoms with Crippen molar-refractivity contribution in [3.05, 3.63) is 226 Å². The van der Waals surface area contributed by atoms with Gasteiger partial charge in [-0.15, -0.1) is 68.0 Å². The molecule has 0 saturated heterocycles. The highest BCUT2D eigenvalue weighted by molar-refractivity contribution is 7.30. The zero-order valence-corrected chi connectivity index (χ0v) is 48.4. The van der Waals surface area contributed by atoms with E-state index in [1.807, 2.05) is 68.0 Å². The van der Waals surface area contributed by atoms with Crippen molar-refractivity contribution in [2.75, 3.05) is 0 Å². The molecule has 78 heavy (non-hydrogen) atoms. The fraction of sp³-hybridized carbons (Fsp3) is 0.0833. The van der Waals surface area contributed by atoms with Crippen molar-refractivity contribution in [1.29, 1.82) is 0 Å². The third-order valence-corrected chi connectivity index (χ3v) is 23.2. The minimum atomic E-state index is 0.0766.